The van der Waals surface area contributed by atoms with Gasteiger partial charge in [-0.25, -0.2) is 9.97 Å². The Morgan fingerprint density at radius 1 is 1.14 bits per heavy atom. The number of nitrogens with one attached hydrogen (secondary N) is 1. The first-order valence-electron chi connectivity index (χ1n) is 7.59. The molecular formula is C17H22N4. The van der Waals surface area contributed by atoms with Gasteiger partial charge in [0.05, 0.1) is 5.54 Å². The zero-order chi connectivity index (χ0) is 14.7. The number of fused-ring (bicyclic) bond motifs is 1. The number of hydrogen-bond acceptors (Lipinski definition) is 4. The number of benzene rings is 1. The third kappa shape index (κ3) is 2.76. The number of aromatic nitrogens is 2. The highest BCUT2D eigenvalue weighted by atomic mass is 15.1. The van der Waals surface area contributed by atoms with Crippen LogP contribution in [0, 0.1) is 0 Å². The Balaban J connectivity index is 1.95. The molecule has 1 aliphatic rings. The molecule has 0 amide bonds. The number of rotatable bonds is 4. The Kier molecular flexibility index (Phi) is 3.88. The number of anilines is 1. The highest BCUT2D eigenvalue weighted by molar-refractivity contribution is 5.50. The van der Waals surface area contributed by atoms with Crippen LogP contribution in [0.25, 0.3) is 0 Å². The van der Waals surface area contributed by atoms with Gasteiger partial charge in [0.2, 0.25) is 0 Å². The summed E-state index contributed by atoms with van der Waals surface area (Å²) in [5.74, 6) is 0.941. The molecule has 4 heteroatoms. The first kappa shape index (κ1) is 14.0. The van der Waals surface area contributed by atoms with Gasteiger partial charge in [0.1, 0.15) is 12.1 Å². The molecule has 0 saturated carbocycles. The fourth-order valence-electron chi connectivity index (χ4n) is 2.94. The van der Waals surface area contributed by atoms with Gasteiger partial charge in [-0.15, -0.1) is 0 Å². The molecule has 1 aromatic heterocycles. The third-order valence-corrected chi connectivity index (χ3v) is 4.34. The van der Waals surface area contributed by atoms with E-state index in [0.717, 1.165) is 18.7 Å². The van der Waals surface area contributed by atoms with Gasteiger partial charge in [0.25, 0.3) is 0 Å². The van der Waals surface area contributed by atoms with Crippen molar-refractivity contribution in [1.29, 1.82) is 0 Å². The summed E-state index contributed by atoms with van der Waals surface area (Å²) in [7, 11) is 0. The second-order valence-corrected chi connectivity index (χ2v) is 5.88. The SMILES string of the molecule is CC(CN)(Nc1ncnc2c1CCCC2)c1ccccc1. The molecule has 1 unspecified atom stereocenters. The summed E-state index contributed by atoms with van der Waals surface area (Å²) in [6.07, 6.45) is 6.19. The van der Waals surface area contributed by atoms with E-state index in [9.17, 15) is 0 Å². The van der Waals surface area contributed by atoms with Crippen LogP contribution in [-0.4, -0.2) is 16.5 Å². The summed E-state index contributed by atoms with van der Waals surface area (Å²) in [5.41, 5.74) is 9.36. The lowest BCUT2D eigenvalue weighted by atomic mass is 9.90. The molecule has 0 radical (unpaired) electrons. The van der Waals surface area contributed by atoms with Gasteiger partial charge in [-0.3, -0.25) is 0 Å². The Morgan fingerprint density at radius 2 is 1.90 bits per heavy atom. The van der Waals surface area contributed by atoms with Gasteiger partial charge < -0.3 is 11.1 Å². The third-order valence-electron chi connectivity index (χ3n) is 4.34. The predicted molar refractivity (Wildman–Crippen MR) is 85.1 cm³/mol. The molecule has 0 fully saturated rings. The fraction of sp³-hybridized carbons (Fsp3) is 0.412. The van der Waals surface area contributed by atoms with E-state index >= 15 is 0 Å². The molecule has 1 aromatic carbocycles. The second kappa shape index (κ2) is 5.82. The lowest BCUT2D eigenvalue weighted by molar-refractivity contribution is 0.549. The van der Waals surface area contributed by atoms with Crippen LogP contribution in [-0.2, 0) is 18.4 Å². The first-order valence-corrected chi connectivity index (χ1v) is 7.59. The molecular weight excluding hydrogens is 260 g/mol. The maximum absolute atomic E-state index is 6.06. The minimum atomic E-state index is -0.319. The molecule has 110 valence electrons. The van der Waals surface area contributed by atoms with Gasteiger partial charge in [-0.1, -0.05) is 30.3 Å². The smallest absolute Gasteiger partial charge is 0.133 e. The molecule has 1 atom stereocenters. The maximum Gasteiger partial charge on any atom is 0.133 e. The number of aryl methyl sites for hydroxylation is 1. The van der Waals surface area contributed by atoms with Crippen molar-refractivity contribution in [3.8, 4) is 0 Å². The molecule has 3 rings (SSSR count). The average Bonchev–Trinajstić information content (AvgIpc) is 2.56. The van der Waals surface area contributed by atoms with E-state index in [4.69, 9.17) is 5.73 Å². The van der Waals surface area contributed by atoms with Gasteiger partial charge in [0, 0.05) is 17.8 Å². The zero-order valence-corrected chi connectivity index (χ0v) is 12.5. The van der Waals surface area contributed by atoms with Crippen molar-refractivity contribution in [2.75, 3.05) is 11.9 Å². The molecule has 4 nitrogen and oxygen atoms in total. The minimum Gasteiger partial charge on any atom is -0.359 e. The zero-order valence-electron chi connectivity index (χ0n) is 12.5. The van der Waals surface area contributed by atoms with Crippen LogP contribution in [0.5, 0.6) is 0 Å². The summed E-state index contributed by atoms with van der Waals surface area (Å²) < 4.78 is 0. The molecule has 1 heterocycles. The predicted octanol–water partition coefficient (Wildman–Crippen LogP) is 2.64. The molecule has 3 N–H and O–H groups in total. The van der Waals surface area contributed by atoms with Gasteiger partial charge in [0.15, 0.2) is 0 Å². The Hall–Kier alpha value is -1.94. The highest BCUT2D eigenvalue weighted by Gasteiger charge is 2.27. The molecule has 0 spiro atoms. The molecule has 1 aliphatic carbocycles. The second-order valence-electron chi connectivity index (χ2n) is 5.88. The molecule has 0 aliphatic heterocycles. The standard InChI is InChI=1S/C17H22N4/c1-17(11-18,13-7-3-2-4-8-13)21-16-14-9-5-6-10-15(14)19-12-20-16/h2-4,7-8,12H,5-6,9-11,18H2,1H3,(H,19,20,21). The van der Waals surface area contributed by atoms with Crippen molar-refractivity contribution in [2.45, 2.75) is 38.1 Å². The summed E-state index contributed by atoms with van der Waals surface area (Å²) in [6.45, 7) is 2.63. The van der Waals surface area contributed by atoms with E-state index in [0.29, 0.717) is 6.54 Å². The largest absolute Gasteiger partial charge is 0.359 e. The monoisotopic (exact) mass is 282 g/mol. The van der Waals surface area contributed by atoms with Crippen LogP contribution >= 0.6 is 0 Å². The topological polar surface area (TPSA) is 63.8 Å². The van der Waals surface area contributed by atoms with E-state index in [1.807, 2.05) is 18.2 Å². The van der Waals surface area contributed by atoms with Gasteiger partial charge in [-0.2, -0.15) is 0 Å². The molecule has 21 heavy (non-hydrogen) atoms. The fourth-order valence-corrected chi connectivity index (χ4v) is 2.94. The van der Waals surface area contributed by atoms with E-state index in [1.54, 1.807) is 6.33 Å². The van der Waals surface area contributed by atoms with Crippen LogP contribution in [0.2, 0.25) is 0 Å². The molecule has 0 saturated heterocycles. The summed E-state index contributed by atoms with van der Waals surface area (Å²) in [5, 5.41) is 3.57. The van der Waals surface area contributed by atoms with E-state index in [-0.39, 0.29) is 5.54 Å². The maximum atomic E-state index is 6.06. The minimum absolute atomic E-state index is 0.319. The van der Waals surface area contributed by atoms with Crippen molar-refractivity contribution < 1.29 is 0 Å². The number of nitrogens with two attached hydrogens (primary N) is 1. The van der Waals surface area contributed by atoms with Crippen LogP contribution in [0.4, 0.5) is 5.82 Å². The lowest BCUT2D eigenvalue weighted by Gasteiger charge is -2.32. The van der Waals surface area contributed by atoms with Crippen molar-refractivity contribution in [1.82, 2.24) is 9.97 Å². The normalized spacial score (nSPS) is 16.9. The Labute approximate surface area is 125 Å². The average molecular weight is 282 g/mol. The van der Waals surface area contributed by atoms with Crippen molar-refractivity contribution in [3.63, 3.8) is 0 Å². The summed E-state index contributed by atoms with van der Waals surface area (Å²) >= 11 is 0. The Bertz CT molecular complexity index is 611. The number of nitrogens with zero attached hydrogens (tertiary/aromatic N) is 2. The highest BCUT2D eigenvalue weighted by Crippen LogP contribution is 2.29. The molecule has 0 bridgehead atoms. The summed E-state index contributed by atoms with van der Waals surface area (Å²) in [6, 6.07) is 10.3. The quantitative estimate of drug-likeness (QED) is 0.905. The van der Waals surface area contributed by atoms with E-state index < -0.39 is 0 Å². The van der Waals surface area contributed by atoms with Crippen LogP contribution in [0.1, 0.15) is 36.6 Å². The molecule has 2 aromatic rings. The van der Waals surface area contributed by atoms with Crippen LogP contribution in [0.3, 0.4) is 0 Å². The van der Waals surface area contributed by atoms with E-state index in [1.165, 1.54) is 29.7 Å². The van der Waals surface area contributed by atoms with Gasteiger partial charge in [-0.05, 0) is 38.2 Å². The lowest BCUT2D eigenvalue weighted by Crippen LogP contribution is -2.40. The van der Waals surface area contributed by atoms with Crippen molar-refractivity contribution in [2.24, 2.45) is 5.73 Å². The number of hydrogen-bond donors (Lipinski definition) is 2. The van der Waals surface area contributed by atoms with Crippen LogP contribution < -0.4 is 11.1 Å². The van der Waals surface area contributed by atoms with Crippen molar-refractivity contribution in [3.05, 3.63) is 53.5 Å². The van der Waals surface area contributed by atoms with E-state index in [2.05, 4.69) is 34.3 Å². The van der Waals surface area contributed by atoms with Crippen molar-refractivity contribution >= 4 is 5.82 Å². The Morgan fingerprint density at radius 3 is 2.67 bits per heavy atom. The summed E-state index contributed by atoms with van der Waals surface area (Å²) in [4.78, 5) is 8.90. The first-order chi connectivity index (χ1) is 10.2. The van der Waals surface area contributed by atoms with Crippen LogP contribution in [0.15, 0.2) is 36.7 Å². The van der Waals surface area contributed by atoms with Gasteiger partial charge >= 0.3 is 0 Å².